The number of alkyl halides is 1. The maximum Gasteiger partial charge on any atom is 0.181 e. The second kappa shape index (κ2) is 3.62. The summed E-state index contributed by atoms with van der Waals surface area (Å²) in [4.78, 5) is 11.7. The minimum absolute atomic E-state index is 0.0202. The standard InChI is InChI=1S/C11H11ClO2/c1-14-10-4-2-3-8-7(10)5-6-9(12)11(8)13/h2-4,9H,5-6H2,1H3. The summed E-state index contributed by atoms with van der Waals surface area (Å²) in [5.41, 5.74) is 1.72. The molecule has 1 unspecified atom stereocenters. The summed E-state index contributed by atoms with van der Waals surface area (Å²) in [6, 6.07) is 5.51. The highest BCUT2D eigenvalue weighted by Gasteiger charge is 2.27. The molecule has 1 aromatic rings. The molecule has 0 saturated carbocycles. The summed E-state index contributed by atoms with van der Waals surface area (Å²) < 4.78 is 5.20. The Bertz CT molecular complexity index is 374. The zero-order valence-corrected chi connectivity index (χ0v) is 8.67. The van der Waals surface area contributed by atoms with Crippen molar-refractivity contribution in [3.05, 3.63) is 29.3 Å². The summed E-state index contributed by atoms with van der Waals surface area (Å²) in [7, 11) is 1.62. The molecule has 0 N–H and O–H groups in total. The summed E-state index contributed by atoms with van der Waals surface area (Å²) in [6.07, 6.45) is 1.52. The third kappa shape index (κ3) is 1.40. The van der Waals surface area contributed by atoms with Crippen molar-refractivity contribution in [1.29, 1.82) is 0 Å². The number of halogens is 1. The molecule has 0 aromatic heterocycles. The monoisotopic (exact) mass is 210 g/mol. The van der Waals surface area contributed by atoms with E-state index < -0.39 is 0 Å². The van der Waals surface area contributed by atoms with Crippen LogP contribution in [-0.2, 0) is 6.42 Å². The lowest BCUT2D eigenvalue weighted by Crippen LogP contribution is -2.23. The highest BCUT2D eigenvalue weighted by atomic mass is 35.5. The quantitative estimate of drug-likeness (QED) is 0.666. The van der Waals surface area contributed by atoms with Gasteiger partial charge >= 0.3 is 0 Å². The van der Waals surface area contributed by atoms with Crippen LogP contribution in [0.3, 0.4) is 0 Å². The van der Waals surface area contributed by atoms with Crippen LogP contribution in [0.15, 0.2) is 18.2 Å². The molecule has 1 aromatic carbocycles. The topological polar surface area (TPSA) is 26.3 Å². The molecule has 2 nitrogen and oxygen atoms in total. The molecule has 3 heteroatoms. The Morgan fingerprint density at radius 1 is 1.50 bits per heavy atom. The summed E-state index contributed by atoms with van der Waals surface area (Å²) in [5, 5.41) is -0.366. The van der Waals surface area contributed by atoms with Crippen molar-refractivity contribution in [2.75, 3.05) is 7.11 Å². The van der Waals surface area contributed by atoms with Crippen LogP contribution in [0.1, 0.15) is 22.3 Å². The van der Waals surface area contributed by atoms with E-state index in [9.17, 15) is 4.79 Å². The Balaban J connectivity index is 2.52. The lowest BCUT2D eigenvalue weighted by molar-refractivity contribution is 0.0976. The minimum Gasteiger partial charge on any atom is -0.496 e. The van der Waals surface area contributed by atoms with Crippen LogP contribution in [0.5, 0.6) is 5.75 Å². The molecule has 14 heavy (non-hydrogen) atoms. The van der Waals surface area contributed by atoms with Gasteiger partial charge in [0.15, 0.2) is 5.78 Å². The number of methoxy groups -OCH3 is 1. The van der Waals surface area contributed by atoms with Gasteiger partial charge in [-0.1, -0.05) is 12.1 Å². The van der Waals surface area contributed by atoms with E-state index in [4.69, 9.17) is 16.3 Å². The predicted octanol–water partition coefficient (Wildman–Crippen LogP) is 2.43. The Morgan fingerprint density at radius 3 is 3.00 bits per heavy atom. The van der Waals surface area contributed by atoms with E-state index in [-0.39, 0.29) is 11.2 Å². The van der Waals surface area contributed by atoms with Crippen molar-refractivity contribution in [2.45, 2.75) is 18.2 Å². The van der Waals surface area contributed by atoms with Gasteiger partial charge in [-0.05, 0) is 18.9 Å². The number of carbonyl (C=O) groups excluding carboxylic acids is 1. The molecule has 2 rings (SSSR count). The number of ketones is 1. The van der Waals surface area contributed by atoms with E-state index in [1.165, 1.54) is 0 Å². The van der Waals surface area contributed by atoms with Crippen molar-refractivity contribution < 1.29 is 9.53 Å². The Morgan fingerprint density at radius 2 is 2.29 bits per heavy atom. The van der Waals surface area contributed by atoms with Crippen molar-refractivity contribution in [2.24, 2.45) is 0 Å². The Labute approximate surface area is 87.8 Å². The lowest BCUT2D eigenvalue weighted by atomic mass is 9.90. The molecule has 0 radical (unpaired) electrons. The first kappa shape index (κ1) is 9.53. The van der Waals surface area contributed by atoms with Gasteiger partial charge in [0.2, 0.25) is 0 Å². The van der Waals surface area contributed by atoms with Gasteiger partial charge in [-0.3, -0.25) is 4.79 Å². The van der Waals surface area contributed by atoms with Crippen LogP contribution < -0.4 is 4.74 Å². The fraction of sp³-hybridized carbons (Fsp3) is 0.364. The molecular weight excluding hydrogens is 200 g/mol. The minimum atomic E-state index is -0.366. The molecule has 0 fully saturated rings. The SMILES string of the molecule is COc1cccc2c1CCC(Cl)C2=O. The first-order chi connectivity index (χ1) is 6.74. The van der Waals surface area contributed by atoms with E-state index in [0.717, 1.165) is 23.3 Å². The van der Waals surface area contributed by atoms with Gasteiger partial charge in [-0.15, -0.1) is 11.6 Å². The third-order valence-electron chi connectivity index (χ3n) is 2.55. The summed E-state index contributed by atoms with van der Waals surface area (Å²) in [6.45, 7) is 0. The van der Waals surface area contributed by atoms with Crippen LogP contribution >= 0.6 is 11.6 Å². The first-order valence-corrected chi connectivity index (χ1v) is 5.02. The predicted molar refractivity (Wildman–Crippen MR) is 55.3 cm³/mol. The van der Waals surface area contributed by atoms with Crippen molar-refractivity contribution in [3.63, 3.8) is 0 Å². The summed E-state index contributed by atoms with van der Waals surface area (Å²) in [5.74, 6) is 0.811. The fourth-order valence-electron chi connectivity index (χ4n) is 1.82. The molecule has 1 aliphatic carbocycles. The molecule has 74 valence electrons. The van der Waals surface area contributed by atoms with E-state index in [0.29, 0.717) is 6.42 Å². The van der Waals surface area contributed by atoms with Crippen LogP contribution in [0.2, 0.25) is 0 Å². The zero-order valence-electron chi connectivity index (χ0n) is 7.92. The molecule has 0 aliphatic heterocycles. The van der Waals surface area contributed by atoms with Crippen LogP contribution in [0, 0.1) is 0 Å². The molecule has 0 amide bonds. The first-order valence-electron chi connectivity index (χ1n) is 4.58. The Kier molecular flexibility index (Phi) is 2.46. The van der Waals surface area contributed by atoms with E-state index in [1.807, 2.05) is 18.2 Å². The van der Waals surface area contributed by atoms with Crippen molar-refractivity contribution in [1.82, 2.24) is 0 Å². The van der Waals surface area contributed by atoms with Gasteiger partial charge in [0, 0.05) is 11.1 Å². The number of ether oxygens (including phenoxy) is 1. The second-order valence-corrected chi connectivity index (χ2v) is 3.88. The van der Waals surface area contributed by atoms with E-state index in [2.05, 4.69) is 0 Å². The molecular formula is C11H11ClO2. The normalized spacial score (nSPS) is 20.4. The smallest absolute Gasteiger partial charge is 0.181 e. The van der Waals surface area contributed by atoms with Crippen LogP contribution in [-0.4, -0.2) is 18.3 Å². The van der Waals surface area contributed by atoms with Gasteiger partial charge in [-0.2, -0.15) is 0 Å². The largest absolute Gasteiger partial charge is 0.496 e. The van der Waals surface area contributed by atoms with Gasteiger partial charge < -0.3 is 4.74 Å². The molecule has 0 saturated heterocycles. The van der Waals surface area contributed by atoms with Gasteiger partial charge in [0.25, 0.3) is 0 Å². The summed E-state index contributed by atoms with van der Waals surface area (Å²) >= 11 is 5.90. The van der Waals surface area contributed by atoms with Crippen molar-refractivity contribution >= 4 is 17.4 Å². The number of carbonyl (C=O) groups is 1. The number of fused-ring (bicyclic) bond motifs is 1. The number of hydrogen-bond donors (Lipinski definition) is 0. The average Bonchev–Trinajstić information content (AvgIpc) is 2.23. The number of hydrogen-bond acceptors (Lipinski definition) is 2. The van der Waals surface area contributed by atoms with Gasteiger partial charge in [0.1, 0.15) is 5.75 Å². The number of rotatable bonds is 1. The highest BCUT2D eigenvalue weighted by molar-refractivity contribution is 6.34. The van der Waals surface area contributed by atoms with E-state index >= 15 is 0 Å². The zero-order chi connectivity index (χ0) is 10.1. The lowest BCUT2D eigenvalue weighted by Gasteiger charge is -2.20. The molecule has 0 spiro atoms. The van der Waals surface area contributed by atoms with Crippen molar-refractivity contribution in [3.8, 4) is 5.75 Å². The van der Waals surface area contributed by atoms with Crippen LogP contribution in [0.4, 0.5) is 0 Å². The molecule has 0 heterocycles. The number of benzene rings is 1. The van der Waals surface area contributed by atoms with Gasteiger partial charge in [-0.25, -0.2) is 0 Å². The van der Waals surface area contributed by atoms with E-state index in [1.54, 1.807) is 7.11 Å². The second-order valence-electron chi connectivity index (χ2n) is 3.36. The maximum absolute atomic E-state index is 11.7. The molecule has 1 atom stereocenters. The average molecular weight is 211 g/mol. The Hall–Kier alpha value is -1.02. The third-order valence-corrected chi connectivity index (χ3v) is 2.97. The van der Waals surface area contributed by atoms with Gasteiger partial charge in [0.05, 0.1) is 12.5 Å². The molecule has 1 aliphatic rings. The fourth-order valence-corrected chi connectivity index (χ4v) is 2.04. The maximum atomic E-state index is 11.7. The highest BCUT2D eigenvalue weighted by Crippen LogP contribution is 2.31. The van der Waals surface area contributed by atoms with Crippen LogP contribution in [0.25, 0.3) is 0 Å². The number of Topliss-reactive ketones (excluding diaryl/α,β-unsaturated/α-hetero) is 1. The molecule has 0 bridgehead atoms.